The monoisotopic (exact) mass is 295 g/mol. The number of nitrogens with one attached hydrogen (secondary N) is 2. The first-order valence-electron chi connectivity index (χ1n) is 6.18. The van der Waals surface area contributed by atoms with Crippen LogP contribution in [0.2, 0.25) is 0 Å². The zero-order valence-corrected chi connectivity index (χ0v) is 12.1. The van der Waals surface area contributed by atoms with E-state index < -0.39 is 10.0 Å². The molecule has 0 radical (unpaired) electrons. The highest BCUT2D eigenvalue weighted by Crippen LogP contribution is 2.16. The molecule has 0 aliphatic rings. The van der Waals surface area contributed by atoms with Crippen molar-refractivity contribution in [2.75, 3.05) is 6.61 Å². The van der Waals surface area contributed by atoms with E-state index in [4.69, 9.17) is 4.74 Å². The second-order valence-electron chi connectivity index (χ2n) is 4.51. The van der Waals surface area contributed by atoms with E-state index in [-0.39, 0.29) is 17.7 Å². The van der Waals surface area contributed by atoms with Gasteiger partial charge >= 0.3 is 0 Å². The molecule has 0 amide bonds. The van der Waals surface area contributed by atoms with Crippen LogP contribution in [-0.4, -0.2) is 31.0 Å². The molecule has 0 saturated carbocycles. The molecule has 1 aromatic carbocycles. The van der Waals surface area contributed by atoms with Gasteiger partial charge < -0.3 is 9.72 Å². The summed E-state index contributed by atoms with van der Waals surface area (Å²) in [6.45, 7) is 3.93. The van der Waals surface area contributed by atoms with Crippen molar-refractivity contribution in [3.63, 3.8) is 0 Å². The Morgan fingerprint density at radius 1 is 1.40 bits per heavy atom. The van der Waals surface area contributed by atoms with Crippen LogP contribution in [0.5, 0.6) is 5.75 Å². The zero-order valence-electron chi connectivity index (χ0n) is 11.3. The van der Waals surface area contributed by atoms with Crippen molar-refractivity contribution in [1.82, 2.24) is 14.7 Å². The fourth-order valence-corrected chi connectivity index (χ4v) is 2.82. The standard InChI is InChI=1S/C13H17N3O3S/c1-10-5-3-4-6-12(10)19-8-11(2)16-20(17,18)13-7-14-9-15-13/h3-7,9,11,16H,8H2,1-2H3,(H,14,15). The molecule has 1 atom stereocenters. The number of para-hydroxylation sites is 1. The van der Waals surface area contributed by atoms with Crippen molar-refractivity contribution in [1.29, 1.82) is 0 Å². The molecule has 1 heterocycles. The quantitative estimate of drug-likeness (QED) is 0.845. The number of rotatable bonds is 6. The molecule has 108 valence electrons. The fraction of sp³-hybridized carbons (Fsp3) is 0.308. The molecule has 1 unspecified atom stereocenters. The van der Waals surface area contributed by atoms with Crippen LogP contribution in [0.4, 0.5) is 0 Å². The minimum Gasteiger partial charge on any atom is -0.492 e. The molecule has 2 N–H and O–H groups in total. The van der Waals surface area contributed by atoms with E-state index in [0.717, 1.165) is 11.3 Å². The Morgan fingerprint density at radius 3 is 2.80 bits per heavy atom. The predicted octanol–water partition coefficient (Wildman–Crippen LogP) is 1.46. The van der Waals surface area contributed by atoms with Gasteiger partial charge in [-0.05, 0) is 25.5 Å². The highest BCUT2D eigenvalue weighted by Gasteiger charge is 2.18. The van der Waals surface area contributed by atoms with Gasteiger partial charge in [-0.1, -0.05) is 18.2 Å². The number of imidazole rings is 1. The fourth-order valence-electron chi connectivity index (χ4n) is 1.69. The van der Waals surface area contributed by atoms with Gasteiger partial charge in [0.1, 0.15) is 12.4 Å². The number of H-pyrrole nitrogens is 1. The second-order valence-corrected chi connectivity index (χ2v) is 6.20. The van der Waals surface area contributed by atoms with Crippen molar-refractivity contribution in [2.24, 2.45) is 0 Å². The number of ether oxygens (including phenoxy) is 1. The summed E-state index contributed by atoms with van der Waals surface area (Å²) in [6, 6.07) is 7.23. The summed E-state index contributed by atoms with van der Waals surface area (Å²) in [5, 5.41) is 0.0419. The van der Waals surface area contributed by atoms with Crippen molar-refractivity contribution < 1.29 is 13.2 Å². The highest BCUT2D eigenvalue weighted by molar-refractivity contribution is 7.89. The number of hydrogen-bond acceptors (Lipinski definition) is 4. The van der Waals surface area contributed by atoms with Crippen molar-refractivity contribution in [3.05, 3.63) is 42.4 Å². The largest absolute Gasteiger partial charge is 0.492 e. The van der Waals surface area contributed by atoms with Crippen LogP contribution in [0.1, 0.15) is 12.5 Å². The van der Waals surface area contributed by atoms with Gasteiger partial charge in [-0.15, -0.1) is 0 Å². The molecule has 1 aromatic heterocycles. The third-order valence-corrected chi connectivity index (χ3v) is 4.22. The molecule has 0 bridgehead atoms. The van der Waals surface area contributed by atoms with Gasteiger partial charge in [-0.3, -0.25) is 0 Å². The van der Waals surface area contributed by atoms with Crippen LogP contribution in [-0.2, 0) is 10.0 Å². The number of sulfonamides is 1. The average molecular weight is 295 g/mol. The number of aryl methyl sites for hydroxylation is 1. The Labute approximate surface area is 118 Å². The molecular weight excluding hydrogens is 278 g/mol. The van der Waals surface area contributed by atoms with Crippen LogP contribution in [0.25, 0.3) is 0 Å². The summed E-state index contributed by atoms with van der Waals surface area (Å²) in [5.41, 5.74) is 1.01. The molecule has 2 aromatic rings. The SMILES string of the molecule is Cc1ccccc1OCC(C)NS(=O)(=O)c1cnc[nH]1. The van der Waals surface area contributed by atoms with Crippen LogP contribution in [0, 0.1) is 6.92 Å². The van der Waals surface area contributed by atoms with E-state index in [1.165, 1.54) is 12.5 Å². The zero-order chi connectivity index (χ0) is 14.6. The second kappa shape index (κ2) is 6.06. The third kappa shape index (κ3) is 3.58. The topological polar surface area (TPSA) is 84.1 Å². The minimum atomic E-state index is -3.58. The Morgan fingerprint density at radius 2 is 2.15 bits per heavy atom. The summed E-state index contributed by atoms with van der Waals surface area (Å²) in [6.07, 6.45) is 2.58. The van der Waals surface area contributed by atoms with Gasteiger partial charge in [-0.2, -0.15) is 0 Å². The molecular formula is C13H17N3O3S. The molecule has 0 aliphatic heterocycles. The molecule has 7 heteroatoms. The number of aromatic amines is 1. The van der Waals surface area contributed by atoms with Crippen molar-refractivity contribution in [2.45, 2.75) is 24.9 Å². The smallest absolute Gasteiger partial charge is 0.257 e. The lowest BCUT2D eigenvalue weighted by molar-refractivity contribution is 0.285. The molecule has 2 rings (SSSR count). The molecule has 0 saturated heterocycles. The van der Waals surface area contributed by atoms with Crippen molar-refractivity contribution in [3.8, 4) is 5.75 Å². The molecule has 6 nitrogen and oxygen atoms in total. The van der Waals surface area contributed by atoms with Gasteiger partial charge in [-0.25, -0.2) is 18.1 Å². The van der Waals surface area contributed by atoms with E-state index >= 15 is 0 Å². The first-order chi connectivity index (χ1) is 9.49. The number of aromatic nitrogens is 2. The number of benzene rings is 1. The first kappa shape index (κ1) is 14.5. The maximum absolute atomic E-state index is 11.9. The highest BCUT2D eigenvalue weighted by atomic mass is 32.2. The first-order valence-corrected chi connectivity index (χ1v) is 7.66. The molecule has 0 spiro atoms. The van der Waals surface area contributed by atoms with Crippen LogP contribution < -0.4 is 9.46 Å². The maximum Gasteiger partial charge on any atom is 0.257 e. The Hall–Kier alpha value is -1.86. The summed E-state index contributed by atoms with van der Waals surface area (Å²) in [4.78, 5) is 6.26. The lowest BCUT2D eigenvalue weighted by Crippen LogP contribution is -2.37. The summed E-state index contributed by atoms with van der Waals surface area (Å²) in [5.74, 6) is 0.750. The summed E-state index contributed by atoms with van der Waals surface area (Å²) < 4.78 is 32.0. The average Bonchev–Trinajstić information content (AvgIpc) is 2.92. The lowest BCUT2D eigenvalue weighted by atomic mass is 10.2. The number of hydrogen-bond donors (Lipinski definition) is 2. The minimum absolute atomic E-state index is 0.0419. The van der Waals surface area contributed by atoms with E-state index in [0.29, 0.717) is 0 Å². The van der Waals surface area contributed by atoms with E-state index in [1.54, 1.807) is 6.92 Å². The Balaban J connectivity index is 1.93. The summed E-state index contributed by atoms with van der Waals surface area (Å²) >= 11 is 0. The third-order valence-electron chi connectivity index (χ3n) is 2.70. The molecule has 0 fully saturated rings. The Bertz CT molecular complexity index is 653. The van der Waals surface area contributed by atoms with Crippen LogP contribution >= 0.6 is 0 Å². The molecule has 20 heavy (non-hydrogen) atoms. The van der Waals surface area contributed by atoms with Gasteiger partial charge in [0.2, 0.25) is 0 Å². The Kier molecular flexibility index (Phi) is 4.41. The van der Waals surface area contributed by atoms with Crippen LogP contribution in [0.15, 0.2) is 41.8 Å². The van der Waals surface area contributed by atoms with E-state index in [1.807, 2.05) is 31.2 Å². The number of nitrogens with zero attached hydrogens (tertiary/aromatic N) is 1. The maximum atomic E-state index is 11.9. The normalized spacial score (nSPS) is 13.1. The van der Waals surface area contributed by atoms with Gasteiger partial charge in [0.05, 0.1) is 18.6 Å². The molecule has 0 aliphatic carbocycles. The van der Waals surface area contributed by atoms with E-state index in [2.05, 4.69) is 14.7 Å². The van der Waals surface area contributed by atoms with Gasteiger partial charge in [0, 0.05) is 0 Å². The van der Waals surface area contributed by atoms with E-state index in [9.17, 15) is 8.42 Å². The lowest BCUT2D eigenvalue weighted by Gasteiger charge is -2.15. The predicted molar refractivity (Wildman–Crippen MR) is 75.0 cm³/mol. The van der Waals surface area contributed by atoms with Gasteiger partial charge in [0.25, 0.3) is 10.0 Å². The van der Waals surface area contributed by atoms with Gasteiger partial charge in [0.15, 0.2) is 5.03 Å². The van der Waals surface area contributed by atoms with Crippen molar-refractivity contribution >= 4 is 10.0 Å². The van der Waals surface area contributed by atoms with Crippen LogP contribution in [0.3, 0.4) is 0 Å². The summed E-state index contributed by atoms with van der Waals surface area (Å²) in [7, 11) is -3.58.